The molecule has 0 radical (unpaired) electrons. The number of hydrogen-bond acceptors (Lipinski definition) is 3. The number of allylic oxidation sites excluding steroid dienone is 1. The summed E-state index contributed by atoms with van der Waals surface area (Å²) in [5.74, 6) is 0. The second-order valence-electron chi connectivity index (χ2n) is 6.94. The third-order valence-electron chi connectivity index (χ3n) is 3.80. The number of hydrogen-bond donors (Lipinski definition) is 2. The Morgan fingerprint density at radius 3 is 2.87 bits per heavy atom. The number of benzene rings is 1. The molecule has 0 spiro atoms. The number of anilines is 1. The van der Waals surface area contributed by atoms with Crippen LogP contribution < -0.4 is 10.6 Å². The van der Waals surface area contributed by atoms with E-state index < -0.39 is 11.7 Å². The predicted molar refractivity (Wildman–Crippen MR) is 94.8 cm³/mol. The molecular weight excluding hydrogens is 288 g/mol. The van der Waals surface area contributed by atoms with E-state index in [1.54, 1.807) is 0 Å². The average Bonchev–Trinajstić information content (AvgIpc) is 2.84. The molecule has 1 aliphatic carbocycles. The second kappa shape index (κ2) is 7.64. The molecule has 1 amide bonds. The Morgan fingerprint density at radius 2 is 2.17 bits per heavy atom. The Balaban J connectivity index is 1.94. The van der Waals surface area contributed by atoms with Gasteiger partial charge in [-0.25, -0.2) is 4.79 Å². The maximum absolute atomic E-state index is 11.8. The van der Waals surface area contributed by atoms with Crippen LogP contribution in [0.1, 0.15) is 57.7 Å². The molecule has 0 saturated heterocycles. The Hall–Kier alpha value is -1.81. The number of amides is 1. The lowest BCUT2D eigenvalue weighted by Crippen LogP contribution is -2.27. The highest BCUT2D eigenvalue weighted by molar-refractivity contribution is 5.85. The van der Waals surface area contributed by atoms with Gasteiger partial charge in [-0.3, -0.25) is 5.32 Å². The number of carbonyl (C=O) groups excluding carboxylic acids is 1. The molecule has 0 heterocycles. The molecule has 4 nitrogen and oxygen atoms in total. The van der Waals surface area contributed by atoms with Crippen LogP contribution in [0.5, 0.6) is 0 Å². The van der Waals surface area contributed by atoms with Gasteiger partial charge < -0.3 is 10.1 Å². The van der Waals surface area contributed by atoms with E-state index in [4.69, 9.17) is 4.74 Å². The second-order valence-corrected chi connectivity index (χ2v) is 6.94. The van der Waals surface area contributed by atoms with Crippen LogP contribution in [0.25, 0.3) is 0 Å². The smallest absolute Gasteiger partial charge is 0.412 e. The molecule has 1 unspecified atom stereocenters. The monoisotopic (exact) mass is 316 g/mol. The Labute approximate surface area is 139 Å². The molecular formula is C19H28N2O2. The van der Waals surface area contributed by atoms with E-state index in [2.05, 4.69) is 34.9 Å². The van der Waals surface area contributed by atoms with E-state index in [1.165, 1.54) is 11.1 Å². The SMILES string of the molecule is C/C=C/CCNC1CCc2cc(NC(=O)OC(C)(C)C)ccc21. The van der Waals surface area contributed by atoms with E-state index in [1.807, 2.05) is 33.8 Å². The summed E-state index contributed by atoms with van der Waals surface area (Å²) in [6, 6.07) is 6.55. The van der Waals surface area contributed by atoms with Crippen molar-refractivity contribution in [2.24, 2.45) is 0 Å². The quantitative estimate of drug-likeness (QED) is 0.617. The molecule has 126 valence electrons. The zero-order chi connectivity index (χ0) is 16.9. The van der Waals surface area contributed by atoms with Crippen LogP contribution in [-0.2, 0) is 11.2 Å². The summed E-state index contributed by atoms with van der Waals surface area (Å²) in [4.78, 5) is 11.8. The fourth-order valence-electron chi connectivity index (χ4n) is 2.84. The van der Waals surface area contributed by atoms with Crippen molar-refractivity contribution >= 4 is 11.8 Å². The molecule has 0 fully saturated rings. The summed E-state index contributed by atoms with van der Waals surface area (Å²) >= 11 is 0. The average molecular weight is 316 g/mol. The van der Waals surface area contributed by atoms with Crippen molar-refractivity contribution in [3.8, 4) is 0 Å². The van der Waals surface area contributed by atoms with Crippen molar-refractivity contribution in [2.45, 2.75) is 58.6 Å². The van der Waals surface area contributed by atoms with Gasteiger partial charge in [0, 0.05) is 11.7 Å². The first kappa shape index (κ1) is 17.5. The first-order chi connectivity index (χ1) is 10.9. The molecule has 0 saturated carbocycles. The molecule has 1 aromatic carbocycles. The molecule has 4 heteroatoms. The van der Waals surface area contributed by atoms with E-state index >= 15 is 0 Å². The minimum Gasteiger partial charge on any atom is -0.444 e. The summed E-state index contributed by atoms with van der Waals surface area (Å²) < 4.78 is 5.29. The first-order valence-electron chi connectivity index (χ1n) is 8.36. The first-order valence-corrected chi connectivity index (χ1v) is 8.36. The standard InChI is InChI=1S/C19H28N2O2/c1-5-6-7-12-20-17-11-8-14-13-15(9-10-16(14)17)21-18(22)23-19(2,3)4/h5-6,9-10,13,17,20H,7-8,11-12H2,1-4H3,(H,21,22)/b6-5+. The van der Waals surface area contributed by atoms with Crippen molar-refractivity contribution in [1.82, 2.24) is 5.32 Å². The van der Waals surface area contributed by atoms with Crippen LogP contribution in [-0.4, -0.2) is 18.2 Å². The number of fused-ring (bicyclic) bond motifs is 1. The van der Waals surface area contributed by atoms with Crippen molar-refractivity contribution in [2.75, 3.05) is 11.9 Å². The highest BCUT2D eigenvalue weighted by Gasteiger charge is 2.22. The highest BCUT2D eigenvalue weighted by Crippen LogP contribution is 2.33. The van der Waals surface area contributed by atoms with Crippen LogP contribution >= 0.6 is 0 Å². The molecule has 2 rings (SSSR count). The molecule has 0 bridgehead atoms. The van der Waals surface area contributed by atoms with Crippen LogP contribution in [0.3, 0.4) is 0 Å². The fraction of sp³-hybridized carbons (Fsp3) is 0.526. The molecule has 0 aromatic heterocycles. The maximum Gasteiger partial charge on any atom is 0.412 e. The van der Waals surface area contributed by atoms with Crippen molar-refractivity contribution in [1.29, 1.82) is 0 Å². The summed E-state index contributed by atoms with van der Waals surface area (Å²) in [7, 11) is 0. The normalized spacial score (nSPS) is 17.3. The third-order valence-corrected chi connectivity index (χ3v) is 3.80. The van der Waals surface area contributed by atoms with Gasteiger partial charge in [0.05, 0.1) is 0 Å². The number of rotatable bonds is 5. The Kier molecular flexibility index (Phi) is 5.83. The lowest BCUT2D eigenvalue weighted by Gasteiger charge is -2.20. The van der Waals surface area contributed by atoms with E-state index in [0.717, 1.165) is 31.5 Å². The van der Waals surface area contributed by atoms with Crippen LogP contribution in [0.4, 0.5) is 10.5 Å². The number of nitrogens with one attached hydrogen (secondary N) is 2. The molecule has 2 N–H and O–H groups in total. The van der Waals surface area contributed by atoms with Crippen molar-refractivity contribution < 1.29 is 9.53 Å². The molecule has 23 heavy (non-hydrogen) atoms. The van der Waals surface area contributed by atoms with Gasteiger partial charge in [-0.2, -0.15) is 0 Å². The third kappa shape index (κ3) is 5.39. The number of ether oxygens (including phenoxy) is 1. The van der Waals surface area contributed by atoms with Gasteiger partial charge in [-0.1, -0.05) is 18.2 Å². The molecule has 0 aliphatic heterocycles. The van der Waals surface area contributed by atoms with E-state index in [-0.39, 0.29) is 0 Å². The van der Waals surface area contributed by atoms with Crippen LogP contribution in [0.15, 0.2) is 30.4 Å². The van der Waals surface area contributed by atoms with Crippen LogP contribution in [0.2, 0.25) is 0 Å². The summed E-state index contributed by atoms with van der Waals surface area (Å²) in [5, 5.41) is 6.41. The predicted octanol–water partition coefficient (Wildman–Crippen LogP) is 4.58. The lowest BCUT2D eigenvalue weighted by molar-refractivity contribution is 0.0636. The van der Waals surface area contributed by atoms with Crippen molar-refractivity contribution in [3.63, 3.8) is 0 Å². The number of carbonyl (C=O) groups is 1. The zero-order valence-electron chi connectivity index (χ0n) is 14.6. The van der Waals surface area contributed by atoms with Gasteiger partial charge in [0.15, 0.2) is 0 Å². The van der Waals surface area contributed by atoms with E-state index in [0.29, 0.717) is 6.04 Å². The fourth-order valence-corrected chi connectivity index (χ4v) is 2.84. The zero-order valence-corrected chi connectivity index (χ0v) is 14.6. The van der Waals surface area contributed by atoms with Gasteiger partial charge in [0.1, 0.15) is 5.60 Å². The molecule has 1 aliphatic rings. The Morgan fingerprint density at radius 1 is 1.39 bits per heavy atom. The minimum atomic E-state index is -0.483. The van der Waals surface area contributed by atoms with Gasteiger partial charge in [0.25, 0.3) is 0 Å². The summed E-state index contributed by atoms with van der Waals surface area (Å²) in [6.45, 7) is 8.62. The maximum atomic E-state index is 11.8. The topological polar surface area (TPSA) is 50.4 Å². The summed E-state index contributed by atoms with van der Waals surface area (Å²) in [5.41, 5.74) is 2.97. The van der Waals surface area contributed by atoms with Gasteiger partial charge in [-0.05, 0) is 76.8 Å². The van der Waals surface area contributed by atoms with Gasteiger partial charge >= 0.3 is 6.09 Å². The van der Waals surface area contributed by atoms with E-state index in [9.17, 15) is 4.79 Å². The highest BCUT2D eigenvalue weighted by atomic mass is 16.6. The molecule has 1 aromatic rings. The number of aryl methyl sites for hydroxylation is 1. The van der Waals surface area contributed by atoms with Crippen LogP contribution in [0, 0.1) is 0 Å². The Bertz CT molecular complexity index is 573. The largest absolute Gasteiger partial charge is 0.444 e. The van der Waals surface area contributed by atoms with Gasteiger partial charge in [0.2, 0.25) is 0 Å². The molecule has 1 atom stereocenters. The lowest BCUT2D eigenvalue weighted by atomic mass is 10.1. The van der Waals surface area contributed by atoms with Gasteiger partial charge in [-0.15, -0.1) is 0 Å². The summed E-state index contributed by atoms with van der Waals surface area (Å²) in [6.07, 6.45) is 7.06. The van der Waals surface area contributed by atoms with Crippen molar-refractivity contribution in [3.05, 3.63) is 41.5 Å². The minimum absolute atomic E-state index is 0.406.